The molecule has 0 spiro atoms. The molecule has 1 aromatic rings. The number of aromatic nitrogens is 2. The normalized spacial score (nSPS) is 10.6. The summed E-state index contributed by atoms with van der Waals surface area (Å²) < 4.78 is 5.41. The van der Waals surface area contributed by atoms with Gasteiger partial charge in [-0.05, 0) is 13.8 Å². The minimum absolute atomic E-state index is 0.197. The molecule has 0 aliphatic heterocycles. The van der Waals surface area contributed by atoms with Crippen LogP contribution in [0.25, 0.3) is 0 Å². The Hall–Kier alpha value is -1.51. The lowest BCUT2D eigenvalue weighted by atomic mass is 10.1. The van der Waals surface area contributed by atoms with Gasteiger partial charge < -0.3 is 4.74 Å². The van der Waals surface area contributed by atoms with Crippen molar-refractivity contribution in [2.24, 2.45) is 5.84 Å². The van der Waals surface area contributed by atoms with E-state index in [0.717, 1.165) is 0 Å². The Morgan fingerprint density at radius 1 is 1.67 bits per heavy atom. The average Bonchev–Trinajstić information content (AvgIpc) is 2.21. The summed E-state index contributed by atoms with van der Waals surface area (Å²) >= 11 is 5.83. The van der Waals surface area contributed by atoms with Crippen molar-refractivity contribution in [3.05, 3.63) is 11.2 Å². The lowest BCUT2D eigenvalue weighted by Gasteiger charge is -2.19. The van der Waals surface area contributed by atoms with Crippen LogP contribution in [-0.2, 0) is 0 Å². The van der Waals surface area contributed by atoms with Crippen LogP contribution >= 0.6 is 11.6 Å². The van der Waals surface area contributed by atoms with Gasteiger partial charge in [0.1, 0.15) is 5.02 Å². The smallest absolute Gasteiger partial charge is 0.240 e. The van der Waals surface area contributed by atoms with Crippen molar-refractivity contribution in [3.8, 4) is 18.2 Å². The molecule has 5 nitrogen and oxygen atoms in total. The first kappa shape index (κ1) is 11.6. The van der Waals surface area contributed by atoms with E-state index >= 15 is 0 Å². The third-order valence-electron chi connectivity index (χ3n) is 1.54. The van der Waals surface area contributed by atoms with Crippen LogP contribution in [-0.4, -0.2) is 15.6 Å². The molecule has 80 valence electrons. The van der Waals surface area contributed by atoms with E-state index in [4.69, 9.17) is 28.6 Å². The van der Waals surface area contributed by atoms with E-state index in [2.05, 4.69) is 21.3 Å². The molecule has 0 atom stereocenters. The third kappa shape index (κ3) is 2.98. The van der Waals surface area contributed by atoms with Crippen LogP contribution in [0.5, 0.6) is 5.88 Å². The number of nitrogens with one attached hydrogen (secondary N) is 1. The maximum atomic E-state index is 5.83. The minimum Gasteiger partial charge on any atom is -0.457 e. The summed E-state index contributed by atoms with van der Waals surface area (Å²) in [6.07, 6.45) is 6.65. The third-order valence-corrected chi connectivity index (χ3v) is 1.80. The molecule has 1 aromatic heterocycles. The van der Waals surface area contributed by atoms with E-state index in [1.54, 1.807) is 13.8 Å². The molecule has 0 amide bonds. The maximum absolute atomic E-state index is 5.83. The molecule has 0 bridgehead atoms. The number of hydrazine groups is 1. The number of ether oxygens (including phenoxy) is 1. The number of hydrogen-bond donors (Lipinski definition) is 2. The Bertz CT molecular complexity index is 400. The lowest BCUT2D eigenvalue weighted by molar-refractivity contribution is 0.165. The van der Waals surface area contributed by atoms with Crippen molar-refractivity contribution in [1.29, 1.82) is 0 Å². The zero-order valence-electron chi connectivity index (χ0n) is 8.41. The van der Waals surface area contributed by atoms with E-state index in [-0.39, 0.29) is 16.9 Å². The predicted octanol–water partition coefficient (Wildman–Crippen LogP) is 1.21. The van der Waals surface area contributed by atoms with E-state index in [0.29, 0.717) is 0 Å². The molecule has 0 fully saturated rings. The number of nitrogen functional groups attached to an aromatic ring is 1. The van der Waals surface area contributed by atoms with Crippen LogP contribution < -0.4 is 16.0 Å². The molecular formula is C9H11ClN4O. The maximum Gasteiger partial charge on any atom is 0.240 e. The van der Waals surface area contributed by atoms with Crippen molar-refractivity contribution in [2.75, 3.05) is 5.43 Å². The molecule has 0 saturated carbocycles. The van der Waals surface area contributed by atoms with Crippen LogP contribution in [0.1, 0.15) is 13.8 Å². The van der Waals surface area contributed by atoms with Crippen molar-refractivity contribution in [3.63, 3.8) is 0 Å². The van der Waals surface area contributed by atoms with Gasteiger partial charge >= 0.3 is 0 Å². The summed E-state index contributed by atoms with van der Waals surface area (Å²) in [5.74, 6) is 8.02. The Labute approximate surface area is 93.0 Å². The molecule has 0 aliphatic carbocycles. The number of halogens is 1. The fourth-order valence-corrected chi connectivity index (χ4v) is 0.893. The summed E-state index contributed by atoms with van der Waals surface area (Å²) in [6.45, 7) is 3.45. The van der Waals surface area contributed by atoms with Crippen LogP contribution in [0.4, 0.5) is 5.95 Å². The van der Waals surface area contributed by atoms with Crippen LogP contribution in [0.15, 0.2) is 6.20 Å². The van der Waals surface area contributed by atoms with Gasteiger partial charge in [-0.25, -0.2) is 10.8 Å². The number of rotatable bonds is 3. The monoisotopic (exact) mass is 226 g/mol. The highest BCUT2D eigenvalue weighted by Crippen LogP contribution is 2.25. The van der Waals surface area contributed by atoms with Gasteiger partial charge in [-0.2, -0.15) is 4.98 Å². The second kappa shape index (κ2) is 4.34. The van der Waals surface area contributed by atoms with Gasteiger partial charge in [0.2, 0.25) is 11.8 Å². The van der Waals surface area contributed by atoms with Crippen LogP contribution in [0.3, 0.4) is 0 Å². The van der Waals surface area contributed by atoms with Gasteiger partial charge in [-0.1, -0.05) is 17.5 Å². The van der Waals surface area contributed by atoms with E-state index in [9.17, 15) is 0 Å². The van der Waals surface area contributed by atoms with Crippen molar-refractivity contribution < 1.29 is 4.74 Å². The second-order valence-electron chi connectivity index (χ2n) is 3.25. The Balaban J connectivity index is 2.99. The molecule has 0 radical (unpaired) electrons. The first-order chi connectivity index (χ1) is 6.98. The van der Waals surface area contributed by atoms with Crippen LogP contribution in [0, 0.1) is 12.3 Å². The standard InChI is InChI=1S/C9H11ClN4O/c1-4-9(2,3)15-7-6(10)5-12-8(13-7)14-11/h1,5H,11H2,2-3H3,(H,12,13,14). The molecular weight excluding hydrogens is 216 g/mol. The first-order valence-corrected chi connectivity index (χ1v) is 4.52. The lowest BCUT2D eigenvalue weighted by Crippen LogP contribution is -2.26. The molecule has 6 heteroatoms. The molecule has 15 heavy (non-hydrogen) atoms. The van der Waals surface area contributed by atoms with Crippen molar-refractivity contribution >= 4 is 17.5 Å². The van der Waals surface area contributed by atoms with Gasteiger partial charge in [-0.3, -0.25) is 5.43 Å². The largest absolute Gasteiger partial charge is 0.457 e. The summed E-state index contributed by atoms with van der Waals surface area (Å²) in [4.78, 5) is 7.73. The van der Waals surface area contributed by atoms with Gasteiger partial charge in [0.05, 0.1) is 6.20 Å². The summed E-state index contributed by atoms with van der Waals surface area (Å²) in [6, 6.07) is 0. The van der Waals surface area contributed by atoms with Gasteiger partial charge in [0.25, 0.3) is 0 Å². The fourth-order valence-electron chi connectivity index (χ4n) is 0.764. The van der Waals surface area contributed by atoms with Gasteiger partial charge in [0, 0.05) is 0 Å². The topological polar surface area (TPSA) is 73.1 Å². The fraction of sp³-hybridized carbons (Fsp3) is 0.333. The highest BCUT2D eigenvalue weighted by Gasteiger charge is 2.19. The number of nitrogens with zero attached hydrogens (tertiary/aromatic N) is 2. The van der Waals surface area contributed by atoms with Crippen molar-refractivity contribution in [2.45, 2.75) is 19.4 Å². The molecule has 3 N–H and O–H groups in total. The molecule has 1 rings (SSSR count). The van der Waals surface area contributed by atoms with Gasteiger partial charge in [-0.15, -0.1) is 6.42 Å². The van der Waals surface area contributed by atoms with Gasteiger partial charge in [0.15, 0.2) is 5.60 Å². The number of terminal acetylenes is 1. The molecule has 1 heterocycles. The SMILES string of the molecule is C#CC(C)(C)Oc1nc(NN)ncc1Cl. The zero-order chi connectivity index (χ0) is 11.5. The molecule has 0 aliphatic rings. The highest BCUT2D eigenvalue weighted by molar-refractivity contribution is 6.31. The molecule has 0 saturated heterocycles. The number of nitrogens with two attached hydrogens (primary N) is 1. The quantitative estimate of drug-likeness (QED) is 0.460. The number of hydrogen-bond acceptors (Lipinski definition) is 5. The summed E-state index contributed by atoms with van der Waals surface area (Å²) in [5, 5.41) is 0.275. The predicted molar refractivity (Wildman–Crippen MR) is 58.4 cm³/mol. The minimum atomic E-state index is -0.788. The Kier molecular flexibility index (Phi) is 3.35. The summed E-state index contributed by atoms with van der Waals surface area (Å²) in [5.41, 5.74) is 1.50. The number of anilines is 1. The molecule has 0 unspecified atom stereocenters. The van der Waals surface area contributed by atoms with Crippen molar-refractivity contribution in [1.82, 2.24) is 9.97 Å². The Morgan fingerprint density at radius 3 is 2.87 bits per heavy atom. The summed E-state index contributed by atoms with van der Waals surface area (Å²) in [7, 11) is 0. The Morgan fingerprint density at radius 2 is 2.33 bits per heavy atom. The zero-order valence-corrected chi connectivity index (χ0v) is 9.17. The first-order valence-electron chi connectivity index (χ1n) is 4.14. The second-order valence-corrected chi connectivity index (χ2v) is 3.65. The van der Waals surface area contributed by atoms with E-state index in [1.807, 2.05) is 0 Å². The van der Waals surface area contributed by atoms with Crippen LogP contribution in [0.2, 0.25) is 5.02 Å². The molecule has 0 aromatic carbocycles. The highest BCUT2D eigenvalue weighted by atomic mass is 35.5. The van der Waals surface area contributed by atoms with E-state index < -0.39 is 5.60 Å². The average molecular weight is 227 g/mol. The van der Waals surface area contributed by atoms with E-state index in [1.165, 1.54) is 6.20 Å².